The fourth-order valence-electron chi connectivity index (χ4n) is 2.89. The van der Waals surface area contributed by atoms with Crippen molar-refractivity contribution >= 4 is 11.7 Å². The van der Waals surface area contributed by atoms with Crippen LogP contribution in [0.15, 0.2) is 27.8 Å². The highest BCUT2D eigenvalue weighted by molar-refractivity contribution is 5.76. The van der Waals surface area contributed by atoms with Crippen molar-refractivity contribution in [3.8, 4) is 11.1 Å². The summed E-state index contributed by atoms with van der Waals surface area (Å²) in [7, 11) is 3.07. The largest absolute Gasteiger partial charge is 0.466 e. The molecule has 0 spiro atoms. The molecule has 26 heavy (non-hydrogen) atoms. The van der Waals surface area contributed by atoms with E-state index in [4.69, 9.17) is 10.5 Å². The van der Waals surface area contributed by atoms with Crippen molar-refractivity contribution in [2.24, 2.45) is 14.1 Å². The van der Waals surface area contributed by atoms with Gasteiger partial charge >= 0.3 is 11.7 Å². The van der Waals surface area contributed by atoms with Crippen LogP contribution in [0.4, 0.5) is 5.69 Å². The van der Waals surface area contributed by atoms with Crippen molar-refractivity contribution in [2.75, 3.05) is 12.3 Å². The lowest BCUT2D eigenvalue weighted by Gasteiger charge is -2.16. The van der Waals surface area contributed by atoms with E-state index in [9.17, 15) is 14.4 Å². The Balaban J connectivity index is 2.53. The van der Waals surface area contributed by atoms with E-state index >= 15 is 0 Å². The molecule has 1 heterocycles. The van der Waals surface area contributed by atoms with Gasteiger partial charge in [0.15, 0.2) is 0 Å². The molecule has 0 radical (unpaired) electrons. The summed E-state index contributed by atoms with van der Waals surface area (Å²) >= 11 is 0. The summed E-state index contributed by atoms with van der Waals surface area (Å²) in [4.78, 5) is 36.7. The lowest BCUT2D eigenvalue weighted by atomic mass is 9.95. The predicted molar refractivity (Wildman–Crippen MR) is 101 cm³/mol. The topological polar surface area (TPSA) is 96.3 Å². The van der Waals surface area contributed by atoms with Gasteiger partial charge in [-0.2, -0.15) is 0 Å². The van der Waals surface area contributed by atoms with Gasteiger partial charge in [-0.1, -0.05) is 19.1 Å². The molecule has 0 aliphatic heterocycles. The van der Waals surface area contributed by atoms with E-state index < -0.39 is 0 Å². The molecule has 0 atom stereocenters. The maximum Gasteiger partial charge on any atom is 0.330 e. The second-order valence-corrected chi connectivity index (χ2v) is 6.26. The lowest BCUT2D eigenvalue weighted by Crippen LogP contribution is -2.39. The van der Waals surface area contributed by atoms with Gasteiger partial charge in [-0.15, -0.1) is 0 Å². The quantitative estimate of drug-likeness (QED) is 0.623. The van der Waals surface area contributed by atoms with Crippen LogP contribution < -0.4 is 17.0 Å². The van der Waals surface area contributed by atoms with Crippen molar-refractivity contribution in [3.05, 3.63) is 50.3 Å². The minimum absolute atomic E-state index is 0.173. The van der Waals surface area contributed by atoms with Crippen LogP contribution in [0.2, 0.25) is 0 Å². The fourth-order valence-corrected chi connectivity index (χ4v) is 2.89. The number of ether oxygens (including phenoxy) is 1. The molecule has 7 heteroatoms. The van der Waals surface area contributed by atoms with E-state index in [-0.39, 0.29) is 23.6 Å². The summed E-state index contributed by atoms with van der Waals surface area (Å²) in [6, 6.07) is 5.28. The first-order valence-corrected chi connectivity index (χ1v) is 8.59. The van der Waals surface area contributed by atoms with E-state index in [1.54, 1.807) is 32.2 Å². The van der Waals surface area contributed by atoms with Crippen molar-refractivity contribution < 1.29 is 9.53 Å². The summed E-state index contributed by atoms with van der Waals surface area (Å²) in [5, 5.41) is 0. The zero-order chi connectivity index (χ0) is 19.4. The highest BCUT2D eigenvalue weighted by Crippen LogP contribution is 2.28. The number of nitrogens with zero attached hydrogens (tertiary/aromatic N) is 2. The van der Waals surface area contributed by atoms with Gasteiger partial charge in [0.25, 0.3) is 5.56 Å². The van der Waals surface area contributed by atoms with E-state index in [1.807, 2.05) is 6.92 Å². The molecule has 1 aromatic heterocycles. The molecule has 2 rings (SSSR count). The Morgan fingerprint density at radius 2 is 1.88 bits per heavy atom. The Hall–Kier alpha value is -2.83. The van der Waals surface area contributed by atoms with E-state index in [1.165, 1.54) is 11.6 Å². The van der Waals surface area contributed by atoms with Gasteiger partial charge in [-0.25, -0.2) is 4.79 Å². The van der Waals surface area contributed by atoms with Crippen LogP contribution in [0, 0.1) is 6.92 Å². The number of rotatable bonds is 6. The Kier molecular flexibility index (Phi) is 6.02. The smallest absolute Gasteiger partial charge is 0.330 e. The third kappa shape index (κ3) is 3.71. The predicted octanol–water partition coefficient (Wildman–Crippen LogP) is 1.53. The molecule has 0 unspecified atom stereocenters. The number of benzene rings is 1. The van der Waals surface area contributed by atoms with E-state index in [0.29, 0.717) is 41.1 Å². The van der Waals surface area contributed by atoms with Crippen LogP contribution in [0.1, 0.15) is 31.0 Å². The number of nitrogen functional groups attached to an aromatic ring is 1. The molecule has 0 saturated heterocycles. The molecule has 0 bridgehead atoms. The highest BCUT2D eigenvalue weighted by atomic mass is 16.5. The third-order valence-corrected chi connectivity index (χ3v) is 4.49. The first-order chi connectivity index (χ1) is 12.3. The molecule has 2 N–H and O–H groups in total. The maximum absolute atomic E-state index is 12.7. The molecule has 140 valence electrons. The molecule has 0 aliphatic carbocycles. The fraction of sp³-hybridized carbons (Fsp3) is 0.421. The summed E-state index contributed by atoms with van der Waals surface area (Å²) < 4.78 is 7.61. The minimum atomic E-state index is -0.384. The minimum Gasteiger partial charge on any atom is -0.466 e. The van der Waals surface area contributed by atoms with E-state index in [2.05, 4.69) is 0 Å². The van der Waals surface area contributed by atoms with Gasteiger partial charge in [-0.3, -0.25) is 14.2 Å². The third-order valence-electron chi connectivity index (χ3n) is 4.49. The van der Waals surface area contributed by atoms with Gasteiger partial charge in [0, 0.05) is 31.9 Å². The Labute approximate surface area is 152 Å². The first kappa shape index (κ1) is 19.5. The molecular weight excluding hydrogens is 334 g/mol. The van der Waals surface area contributed by atoms with Crippen LogP contribution in [0.5, 0.6) is 0 Å². The number of carbonyl (C=O) groups excluding carboxylic acids is 1. The van der Waals surface area contributed by atoms with Crippen LogP contribution in [0.25, 0.3) is 11.1 Å². The Bertz CT molecular complexity index is 941. The monoisotopic (exact) mass is 359 g/mol. The number of esters is 1. The van der Waals surface area contributed by atoms with Gasteiger partial charge in [0.2, 0.25) is 0 Å². The van der Waals surface area contributed by atoms with Crippen molar-refractivity contribution in [3.63, 3.8) is 0 Å². The number of carbonyl (C=O) groups is 1. The van der Waals surface area contributed by atoms with Gasteiger partial charge < -0.3 is 15.0 Å². The van der Waals surface area contributed by atoms with Gasteiger partial charge in [0.05, 0.1) is 12.2 Å². The normalized spacial score (nSPS) is 10.8. The molecule has 0 fully saturated rings. The van der Waals surface area contributed by atoms with Crippen LogP contribution in [-0.2, 0) is 30.0 Å². The highest BCUT2D eigenvalue weighted by Gasteiger charge is 2.19. The number of anilines is 1. The second-order valence-electron chi connectivity index (χ2n) is 6.26. The molecule has 1 aromatic carbocycles. The molecule has 0 amide bonds. The Morgan fingerprint density at radius 1 is 1.19 bits per heavy atom. The average Bonchev–Trinajstić information content (AvgIpc) is 2.62. The summed E-state index contributed by atoms with van der Waals surface area (Å²) in [5.74, 6) is -0.300. The summed E-state index contributed by atoms with van der Waals surface area (Å²) in [6.45, 7) is 4.04. The molecule has 2 aromatic rings. The average molecular weight is 359 g/mol. The van der Waals surface area contributed by atoms with Gasteiger partial charge in [0.1, 0.15) is 0 Å². The summed E-state index contributed by atoms with van der Waals surface area (Å²) in [5.41, 5.74) is 8.17. The number of hydrogen-bond donors (Lipinski definition) is 1. The second kappa shape index (κ2) is 8.03. The first-order valence-electron chi connectivity index (χ1n) is 8.59. The SMILES string of the molecule is CCCOC(=O)CCc1c(N)cccc1-c1c(C)n(C)c(=O)n(C)c1=O. The van der Waals surface area contributed by atoms with Gasteiger partial charge in [-0.05, 0) is 37.0 Å². The molecule has 0 saturated carbocycles. The van der Waals surface area contributed by atoms with Crippen molar-refractivity contribution in [2.45, 2.75) is 33.1 Å². The lowest BCUT2D eigenvalue weighted by molar-refractivity contribution is -0.143. The standard InChI is InChI=1S/C19H25N3O4/c1-5-11-26-16(23)10-9-13-14(7-6-8-15(13)20)17-12(2)21(3)19(25)22(4)18(17)24/h6-8H,5,9-11,20H2,1-4H3. The Morgan fingerprint density at radius 3 is 2.54 bits per heavy atom. The zero-order valence-corrected chi connectivity index (χ0v) is 15.7. The number of nitrogens with two attached hydrogens (primary N) is 1. The van der Waals surface area contributed by atoms with E-state index in [0.717, 1.165) is 11.0 Å². The van der Waals surface area contributed by atoms with Crippen LogP contribution in [-0.4, -0.2) is 21.7 Å². The maximum atomic E-state index is 12.7. The molecule has 0 aliphatic rings. The van der Waals surface area contributed by atoms with Crippen LogP contribution in [0.3, 0.4) is 0 Å². The van der Waals surface area contributed by atoms with Crippen molar-refractivity contribution in [1.82, 2.24) is 9.13 Å². The summed E-state index contributed by atoms with van der Waals surface area (Å²) in [6.07, 6.45) is 1.29. The zero-order valence-electron chi connectivity index (χ0n) is 15.7. The molecule has 7 nitrogen and oxygen atoms in total. The van der Waals surface area contributed by atoms with Crippen molar-refractivity contribution in [1.29, 1.82) is 0 Å². The number of aromatic nitrogens is 2. The molecular formula is C19H25N3O4. The number of hydrogen-bond acceptors (Lipinski definition) is 5. The van der Waals surface area contributed by atoms with Crippen LogP contribution >= 0.6 is 0 Å².